The van der Waals surface area contributed by atoms with E-state index in [1.807, 2.05) is 38.2 Å². The largest absolute Gasteiger partial charge is 0.744 e. The molecular weight excluding hydrogens is 482 g/mol. The van der Waals surface area contributed by atoms with Crippen LogP contribution in [0.25, 0.3) is 0 Å². The molecule has 0 radical (unpaired) electrons. The van der Waals surface area contributed by atoms with E-state index in [1.165, 1.54) is 30.0 Å². The Labute approximate surface area is 209 Å². The summed E-state index contributed by atoms with van der Waals surface area (Å²) in [6.07, 6.45) is 5.69. The number of quaternary nitrogens is 1. The van der Waals surface area contributed by atoms with Gasteiger partial charge in [0.05, 0.1) is 16.9 Å². The number of carbonyl (C=O) groups excluding carboxylic acids is 1. The summed E-state index contributed by atoms with van der Waals surface area (Å²) in [7, 11) is -2.26. The van der Waals surface area contributed by atoms with Crippen LogP contribution in [0.15, 0.2) is 90.0 Å². The van der Waals surface area contributed by atoms with Gasteiger partial charge in [0.1, 0.15) is 22.4 Å². The maximum Gasteiger partial charge on any atom is 0.288 e. The number of pyridine rings is 1. The highest BCUT2D eigenvalue weighted by atomic mass is 32.2. The highest BCUT2D eigenvalue weighted by molar-refractivity contribution is 7.85. The lowest BCUT2D eigenvalue weighted by molar-refractivity contribution is -0.385. The van der Waals surface area contributed by atoms with Gasteiger partial charge in [-0.05, 0) is 36.8 Å². The number of benzene rings is 2. The lowest BCUT2D eigenvalue weighted by Crippen LogP contribution is -2.59. The molecule has 3 aromatic rings. The van der Waals surface area contributed by atoms with Crippen molar-refractivity contribution in [1.82, 2.24) is 9.47 Å². The number of aromatic nitrogens is 1. The summed E-state index contributed by atoms with van der Waals surface area (Å²) in [5.74, 6) is 1.00. The van der Waals surface area contributed by atoms with Gasteiger partial charge < -0.3 is 4.55 Å². The predicted octanol–water partition coefficient (Wildman–Crippen LogP) is 3.89. The van der Waals surface area contributed by atoms with Crippen LogP contribution in [0.4, 0.5) is 11.5 Å². The van der Waals surface area contributed by atoms with Gasteiger partial charge in [-0.3, -0.25) is 19.4 Å². The van der Waals surface area contributed by atoms with Crippen LogP contribution < -0.4 is 4.48 Å². The molecule has 9 nitrogen and oxygen atoms in total. The molecule has 3 heterocycles. The van der Waals surface area contributed by atoms with E-state index in [0.717, 1.165) is 12.0 Å². The number of hydrogen-bond donors (Lipinski definition) is 0. The first kappa shape index (κ1) is 25.4. The second-order valence-corrected chi connectivity index (χ2v) is 10.4. The summed E-state index contributed by atoms with van der Waals surface area (Å²) in [6, 6.07) is 19.0. The molecule has 36 heavy (non-hydrogen) atoms. The Balaban J connectivity index is 0.000000233. The average molecular weight is 508 g/mol. The van der Waals surface area contributed by atoms with Crippen molar-refractivity contribution in [3.63, 3.8) is 0 Å². The van der Waals surface area contributed by atoms with Crippen LogP contribution in [0.2, 0.25) is 0 Å². The number of nitro groups is 1. The summed E-state index contributed by atoms with van der Waals surface area (Å²) in [5.41, 5.74) is 2.10. The molecule has 1 fully saturated rings. The minimum Gasteiger partial charge on any atom is -0.744 e. The molecule has 2 aliphatic heterocycles. The third kappa shape index (κ3) is 4.83. The van der Waals surface area contributed by atoms with Crippen LogP contribution in [0.5, 0.6) is 0 Å². The van der Waals surface area contributed by atoms with E-state index >= 15 is 0 Å². The van der Waals surface area contributed by atoms with Crippen molar-refractivity contribution in [2.45, 2.75) is 36.2 Å². The summed E-state index contributed by atoms with van der Waals surface area (Å²) in [4.78, 5) is 27.2. The molecule has 1 aromatic heterocycles. The fraction of sp³-hybridized carbons (Fsp3) is 0.231. The summed E-state index contributed by atoms with van der Waals surface area (Å²) >= 11 is 0. The molecule has 0 spiro atoms. The third-order valence-electron chi connectivity index (χ3n) is 6.92. The van der Waals surface area contributed by atoms with E-state index in [4.69, 9.17) is 0 Å². The van der Waals surface area contributed by atoms with Gasteiger partial charge >= 0.3 is 0 Å². The SMILES string of the molecule is C[N+]1(c2ccc([N+](=O)[O-])cn2)C2C[C@H](c3ccccc3)C1C=CC2=O.Cc1ccc(S(=O)(=O)[O-])cc1. The monoisotopic (exact) mass is 507 g/mol. The van der Waals surface area contributed by atoms with Crippen molar-refractivity contribution in [2.24, 2.45) is 0 Å². The van der Waals surface area contributed by atoms with Crippen molar-refractivity contribution >= 4 is 27.4 Å². The second-order valence-electron chi connectivity index (χ2n) is 9.07. The lowest BCUT2D eigenvalue weighted by Gasteiger charge is -2.40. The molecule has 3 unspecified atom stereocenters. The zero-order valence-corrected chi connectivity index (χ0v) is 20.5. The van der Waals surface area contributed by atoms with Crippen molar-refractivity contribution < 1.29 is 22.7 Å². The van der Waals surface area contributed by atoms with Crippen LogP contribution in [0.1, 0.15) is 23.5 Å². The number of rotatable bonds is 4. The molecule has 1 saturated heterocycles. The van der Waals surface area contributed by atoms with Gasteiger partial charge in [-0.25, -0.2) is 8.42 Å². The normalized spacial score (nSPS) is 24.6. The minimum absolute atomic E-state index is 0.0406. The van der Waals surface area contributed by atoms with Crippen molar-refractivity contribution in [2.75, 3.05) is 7.05 Å². The Kier molecular flexibility index (Phi) is 6.85. The topological polar surface area (TPSA) is 130 Å². The molecule has 2 aromatic carbocycles. The third-order valence-corrected chi connectivity index (χ3v) is 7.77. The van der Waals surface area contributed by atoms with Crippen molar-refractivity contribution in [3.8, 4) is 0 Å². The number of fused-ring (bicyclic) bond motifs is 2. The first-order chi connectivity index (χ1) is 17.0. The fourth-order valence-corrected chi connectivity index (χ4v) is 5.47. The summed E-state index contributed by atoms with van der Waals surface area (Å²) in [5, 5.41) is 10.9. The number of carbonyl (C=O) groups is 1. The number of aryl methyl sites for hydroxylation is 1. The van der Waals surface area contributed by atoms with E-state index in [1.54, 1.807) is 24.3 Å². The quantitative estimate of drug-likeness (QED) is 0.227. The highest BCUT2D eigenvalue weighted by Crippen LogP contribution is 2.47. The Hall–Kier alpha value is -3.73. The molecule has 0 amide bonds. The van der Waals surface area contributed by atoms with Gasteiger partial charge in [-0.2, -0.15) is 4.98 Å². The Bertz CT molecular complexity index is 1410. The highest BCUT2D eigenvalue weighted by Gasteiger charge is 2.58. The standard InChI is InChI=1S/C19H18N3O3.C7H8O3S/c1-22(19-10-7-14(12-20-19)21(24)25)16-8-9-18(23)17(22)11-15(16)13-5-3-2-4-6-13;1-6-2-4-7(5-3-6)11(8,9)10/h2-10,12,15-17H,11H2,1H3;2-5H,1H3,(H,8,9,10)/q+1;/p-1/t15-,16?,17?,22?;/m1./s1. The number of nitrogens with zero attached hydrogens (tertiary/aromatic N) is 3. The molecular formula is C26H25N3O6S. The predicted molar refractivity (Wildman–Crippen MR) is 133 cm³/mol. The Morgan fingerprint density at radius 3 is 2.25 bits per heavy atom. The van der Waals surface area contributed by atoms with Crippen LogP contribution >= 0.6 is 0 Å². The smallest absolute Gasteiger partial charge is 0.288 e. The fourth-order valence-electron chi connectivity index (χ4n) is 5.00. The molecule has 10 heteroatoms. The molecule has 2 aliphatic rings. The van der Waals surface area contributed by atoms with E-state index in [2.05, 4.69) is 17.1 Å². The first-order valence-electron chi connectivity index (χ1n) is 11.3. The molecule has 186 valence electrons. The second kappa shape index (κ2) is 9.73. The maximum atomic E-state index is 12.6. The molecule has 5 rings (SSSR count). The van der Waals surface area contributed by atoms with E-state index in [9.17, 15) is 27.9 Å². The number of ketones is 1. The van der Waals surface area contributed by atoms with Gasteiger partial charge in [0.2, 0.25) is 11.6 Å². The minimum atomic E-state index is -4.27. The number of likely N-dealkylation sites (N-methyl/N-ethyl adjacent to an activating group) is 1. The Morgan fingerprint density at radius 1 is 1.03 bits per heavy atom. The van der Waals surface area contributed by atoms with Crippen molar-refractivity contribution in [1.29, 1.82) is 0 Å². The van der Waals surface area contributed by atoms with Crippen molar-refractivity contribution in [3.05, 3.63) is 106 Å². The van der Waals surface area contributed by atoms with Gasteiger partial charge in [0, 0.05) is 24.5 Å². The molecule has 4 atom stereocenters. The summed E-state index contributed by atoms with van der Waals surface area (Å²) < 4.78 is 31.5. The Morgan fingerprint density at radius 2 is 1.69 bits per heavy atom. The van der Waals surface area contributed by atoms with Crippen LogP contribution in [-0.4, -0.2) is 47.8 Å². The zero-order valence-electron chi connectivity index (χ0n) is 19.7. The van der Waals surface area contributed by atoms with Crippen LogP contribution in [-0.2, 0) is 14.9 Å². The number of hydrogen-bond acceptors (Lipinski definition) is 7. The molecule has 0 N–H and O–H groups in total. The maximum absolute atomic E-state index is 12.6. The van der Waals surface area contributed by atoms with Gasteiger partial charge in [0.15, 0.2) is 6.04 Å². The van der Waals surface area contributed by atoms with Crippen LogP contribution in [0.3, 0.4) is 0 Å². The lowest BCUT2D eigenvalue weighted by atomic mass is 9.91. The van der Waals surface area contributed by atoms with Gasteiger partial charge in [-0.15, -0.1) is 0 Å². The van der Waals surface area contributed by atoms with E-state index in [-0.39, 0.29) is 34.4 Å². The average Bonchev–Trinajstić information content (AvgIpc) is 3.03. The van der Waals surface area contributed by atoms with Crippen LogP contribution in [0, 0.1) is 17.0 Å². The summed E-state index contributed by atoms with van der Waals surface area (Å²) in [6.45, 7) is 1.82. The van der Waals surface area contributed by atoms with E-state index in [0.29, 0.717) is 10.3 Å². The van der Waals surface area contributed by atoms with Gasteiger partial charge in [-0.1, -0.05) is 48.0 Å². The molecule has 2 bridgehead atoms. The first-order valence-corrected chi connectivity index (χ1v) is 12.7. The zero-order chi connectivity index (χ0) is 26.1. The molecule has 0 saturated carbocycles. The van der Waals surface area contributed by atoms with E-state index < -0.39 is 15.0 Å². The van der Waals surface area contributed by atoms with Gasteiger partial charge in [0.25, 0.3) is 5.69 Å². The molecule has 0 aliphatic carbocycles.